The highest BCUT2D eigenvalue weighted by molar-refractivity contribution is 6.17. The first-order chi connectivity index (χ1) is 8.72. The second kappa shape index (κ2) is 3.94. The molecule has 3 rings (SSSR count). The SMILES string of the molecule is [B]C1c2ccccc2-c2ccc(C(N)=C=C)cc21. The smallest absolute Gasteiger partial charge is 0.0828 e. The monoisotopic (exact) mass is 229 g/mol. The Morgan fingerprint density at radius 3 is 2.61 bits per heavy atom. The summed E-state index contributed by atoms with van der Waals surface area (Å²) in [6.45, 7) is 3.57. The van der Waals surface area contributed by atoms with Gasteiger partial charge in [0, 0.05) is 5.56 Å². The summed E-state index contributed by atoms with van der Waals surface area (Å²) < 4.78 is 0. The minimum absolute atomic E-state index is 0.0752. The summed E-state index contributed by atoms with van der Waals surface area (Å²) in [4.78, 5) is 0. The first-order valence-corrected chi connectivity index (χ1v) is 5.87. The summed E-state index contributed by atoms with van der Waals surface area (Å²) in [7, 11) is 6.28. The van der Waals surface area contributed by atoms with Crippen LogP contribution in [0.25, 0.3) is 16.8 Å². The van der Waals surface area contributed by atoms with Crippen LogP contribution in [0.15, 0.2) is 54.8 Å². The van der Waals surface area contributed by atoms with E-state index in [9.17, 15) is 0 Å². The number of hydrogen-bond donors (Lipinski definition) is 1. The van der Waals surface area contributed by atoms with Crippen molar-refractivity contribution < 1.29 is 0 Å². The second-order valence-electron chi connectivity index (χ2n) is 4.46. The molecule has 1 aliphatic rings. The van der Waals surface area contributed by atoms with Crippen LogP contribution < -0.4 is 5.73 Å². The van der Waals surface area contributed by atoms with Crippen molar-refractivity contribution in [1.82, 2.24) is 0 Å². The third-order valence-corrected chi connectivity index (χ3v) is 3.47. The molecule has 0 fully saturated rings. The molecule has 0 saturated carbocycles. The number of rotatable bonds is 1. The molecular weight excluding hydrogens is 217 g/mol. The standard InChI is InChI=1S/C16H12BN/c1-2-15(18)10-7-8-12-11-5-3-4-6-13(11)16(17)14(12)9-10/h3-9,16H,1,18H2. The van der Waals surface area contributed by atoms with Gasteiger partial charge in [-0.25, -0.2) is 0 Å². The van der Waals surface area contributed by atoms with E-state index in [1.807, 2.05) is 24.3 Å². The number of fused-ring (bicyclic) bond motifs is 3. The molecule has 2 N–H and O–H groups in total. The second-order valence-corrected chi connectivity index (χ2v) is 4.46. The molecule has 0 saturated heterocycles. The normalized spacial score (nSPS) is 15.7. The van der Waals surface area contributed by atoms with E-state index in [0.717, 1.165) is 11.1 Å². The predicted octanol–water partition coefficient (Wildman–Crippen LogP) is 3.01. The molecule has 2 heteroatoms. The quantitative estimate of drug-likeness (QED) is 0.590. The molecular formula is C16H12BN. The first kappa shape index (κ1) is 10.9. The van der Waals surface area contributed by atoms with Gasteiger partial charge >= 0.3 is 0 Å². The van der Waals surface area contributed by atoms with Crippen LogP contribution >= 0.6 is 0 Å². The van der Waals surface area contributed by atoms with Gasteiger partial charge in [0.25, 0.3) is 0 Å². The van der Waals surface area contributed by atoms with Crippen LogP contribution in [0.4, 0.5) is 0 Å². The van der Waals surface area contributed by atoms with Gasteiger partial charge in [-0.1, -0.05) is 43.0 Å². The molecule has 2 aromatic carbocycles. The van der Waals surface area contributed by atoms with Gasteiger partial charge in [-0.3, -0.25) is 0 Å². The lowest BCUT2D eigenvalue weighted by Gasteiger charge is -2.08. The van der Waals surface area contributed by atoms with Crippen LogP contribution in [0.5, 0.6) is 0 Å². The van der Waals surface area contributed by atoms with Crippen LogP contribution in [0.2, 0.25) is 0 Å². The fourth-order valence-electron chi connectivity index (χ4n) is 2.52. The Bertz CT molecular complexity index is 681. The van der Waals surface area contributed by atoms with Crippen LogP contribution in [-0.4, -0.2) is 7.85 Å². The molecule has 84 valence electrons. The molecule has 2 radical (unpaired) electrons. The fraction of sp³-hybridized carbons (Fsp3) is 0.0625. The van der Waals surface area contributed by atoms with Gasteiger partial charge in [0.1, 0.15) is 0 Å². The van der Waals surface area contributed by atoms with Crippen LogP contribution in [0, 0.1) is 0 Å². The molecule has 1 unspecified atom stereocenters. The van der Waals surface area contributed by atoms with Crippen molar-refractivity contribution in [3.05, 3.63) is 71.5 Å². The van der Waals surface area contributed by atoms with E-state index >= 15 is 0 Å². The van der Waals surface area contributed by atoms with E-state index in [1.54, 1.807) is 0 Å². The van der Waals surface area contributed by atoms with E-state index in [4.69, 9.17) is 13.6 Å². The van der Waals surface area contributed by atoms with E-state index < -0.39 is 0 Å². The maximum atomic E-state index is 6.28. The minimum atomic E-state index is -0.0752. The van der Waals surface area contributed by atoms with Gasteiger partial charge in [0.2, 0.25) is 0 Å². The largest absolute Gasteiger partial charge is 0.392 e. The van der Waals surface area contributed by atoms with Gasteiger partial charge in [-0.15, -0.1) is 5.73 Å². The molecule has 0 heterocycles. The van der Waals surface area contributed by atoms with Gasteiger partial charge in [-0.05, 0) is 34.1 Å². The Balaban J connectivity index is 2.23. The lowest BCUT2D eigenvalue weighted by molar-refractivity contribution is 1.20. The summed E-state index contributed by atoms with van der Waals surface area (Å²) >= 11 is 0. The average Bonchev–Trinajstić information content (AvgIpc) is 2.72. The van der Waals surface area contributed by atoms with Crippen molar-refractivity contribution in [2.24, 2.45) is 5.73 Å². The summed E-state index contributed by atoms with van der Waals surface area (Å²) in [6.07, 6.45) is 0. The Kier molecular flexibility index (Phi) is 2.39. The molecule has 0 aromatic heterocycles. The third-order valence-electron chi connectivity index (χ3n) is 3.47. The maximum absolute atomic E-state index is 6.28. The molecule has 0 bridgehead atoms. The van der Waals surface area contributed by atoms with Gasteiger partial charge in [-0.2, -0.15) is 0 Å². The zero-order valence-corrected chi connectivity index (χ0v) is 9.98. The van der Waals surface area contributed by atoms with Crippen LogP contribution in [-0.2, 0) is 0 Å². The Morgan fingerprint density at radius 2 is 1.83 bits per heavy atom. The molecule has 0 spiro atoms. The third kappa shape index (κ3) is 1.43. The van der Waals surface area contributed by atoms with Crippen LogP contribution in [0.3, 0.4) is 0 Å². The molecule has 0 amide bonds. The van der Waals surface area contributed by atoms with Crippen molar-refractivity contribution in [2.75, 3.05) is 0 Å². The number of nitrogens with two attached hydrogens (primary N) is 1. The van der Waals surface area contributed by atoms with Gasteiger partial charge in [0.05, 0.1) is 13.5 Å². The summed E-state index contributed by atoms with van der Waals surface area (Å²) in [5.41, 5.74) is 14.7. The maximum Gasteiger partial charge on any atom is 0.0828 e. The average molecular weight is 229 g/mol. The van der Waals surface area contributed by atoms with E-state index in [-0.39, 0.29) is 5.82 Å². The Morgan fingerprint density at radius 1 is 1.11 bits per heavy atom. The van der Waals surface area contributed by atoms with Crippen molar-refractivity contribution in [3.8, 4) is 11.1 Å². The van der Waals surface area contributed by atoms with Crippen molar-refractivity contribution in [3.63, 3.8) is 0 Å². The molecule has 2 aromatic rings. The zero-order chi connectivity index (χ0) is 12.7. The van der Waals surface area contributed by atoms with Crippen molar-refractivity contribution in [1.29, 1.82) is 0 Å². The topological polar surface area (TPSA) is 26.0 Å². The van der Waals surface area contributed by atoms with Crippen molar-refractivity contribution in [2.45, 2.75) is 5.82 Å². The lowest BCUT2D eigenvalue weighted by atomic mass is 9.79. The molecule has 0 aliphatic heterocycles. The summed E-state index contributed by atoms with van der Waals surface area (Å²) in [5.74, 6) is -0.0752. The van der Waals surface area contributed by atoms with Gasteiger partial charge in [0.15, 0.2) is 0 Å². The minimum Gasteiger partial charge on any atom is -0.392 e. The summed E-state index contributed by atoms with van der Waals surface area (Å²) in [5, 5.41) is 0. The Hall–Kier alpha value is -2.18. The van der Waals surface area contributed by atoms with Crippen LogP contribution in [0.1, 0.15) is 22.5 Å². The molecule has 18 heavy (non-hydrogen) atoms. The lowest BCUT2D eigenvalue weighted by Crippen LogP contribution is -1.98. The fourth-order valence-corrected chi connectivity index (χ4v) is 2.52. The van der Waals surface area contributed by atoms with Crippen molar-refractivity contribution >= 4 is 13.5 Å². The van der Waals surface area contributed by atoms with E-state index in [0.29, 0.717) is 5.70 Å². The zero-order valence-electron chi connectivity index (χ0n) is 9.98. The summed E-state index contributed by atoms with van der Waals surface area (Å²) in [6, 6.07) is 14.3. The van der Waals surface area contributed by atoms with E-state index in [1.165, 1.54) is 16.7 Å². The molecule has 1 atom stereocenters. The number of benzene rings is 2. The highest BCUT2D eigenvalue weighted by atomic mass is 14.6. The molecule has 1 nitrogen and oxygen atoms in total. The molecule has 1 aliphatic carbocycles. The van der Waals surface area contributed by atoms with Gasteiger partial charge < -0.3 is 5.73 Å². The highest BCUT2D eigenvalue weighted by Crippen LogP contribution is 2.43. The first-order valence-electron chi connectivity index (χ1n) is 5.87. The Labute approximate surface area is 108 Å². The van der Waals surface area contributed by atoms with E-state index in [2.05, 4.69) is 30.5 Å². The highest BCUT2D eigenvalue weighted by Gasteiger charge is 2.24. The number of hydrogen-bond acceptors (Lipinski definition) is 1. The predicted molar refractivity (Wildman–Crippen MR) is 76.2 cm³/mol.